The second-order valence-corrected chi connectivity index (χ2v) is 3.82. The molecule has 0 fully saturated rings. The summed E-state index contributed by atoms with van der Waals surface area (Å²) in [5.41, 5.74) is 1.05. The van der Waals surface area contributed by atoms with Crippen LogP contribution in [0.1, 0.15) is 37.4 Å². The Hall–Kier alpha value is -1.69. The number of hydrogen-bond acceptors (Lipinski definition) is 5. The Labute approximate surface area is 99.6 Å². The zero-order valence-corrected chi connectivity index (χ0v) is 10.3. The number of aromatic nitrogens is 4. The summed E-state index contributed by atoms with van der Waals surface area (Å²) in [6, 6.07) is 0. The number of hydrogen-bond donors (Lipinski definition) is 0. The number of rotatable bonds is 5. The van der Waals surface area contributed by atoms with Gasteiger partial charge in [0.15, 0.2) is 5.82 Å². The fourth-order valence-electron chi connectivity index (χ4n) is 1.43. The van der Waals surface area contributed by atoms with Gasteiger partial charge in [-0.2, -0.15) is 4.98 Å². The maximum atomic E-state index is 5.14. The molecule has 1 atom stereocenters. The summed E-state index contributed by atoms with van der Waals surface area (Å²) >= 11 is 0. The maximum Gasteiger partial charge on any atom is 0.246 e. The molecule has 17 heavy (non-hydrogen) atoms. The van der Waals surface area contributed by atoms with Crippen LogP contribution in [0.15, 0.2) is 17.0 Å². The van der Waals surface area contributed by atoms with E-state index in [2.05, 4.69) is 22.0 Å². The second kappa shape index (κ2) is 5.09. The fraction of sp³-hybridized carbons (Fsp3) is 0.545. The molecule has 1 unspecified atom stereocenters. The highest BCUT2D eigenvalue weighted by molar-refractivity contribution is 4.98. The molecule has 2 rings (SSSR count). The van der Waals surface area contributed by atoms with Crippen molar-refractivity contribution in [3.63, 3.8) is 0 Å². The van der Waals surface area contributed by atoms with Crippen LogP contribution < -0.4 is 0 Å². The van der Waals surface area contributed by atoms with Gasteiger partial charge in [0.1, 0.15) is 12.6 Å². The van der Waals surface area contributed by atoms with Crippen LogP contribution in [-0.4, -0.2) is 26.8 Å². The Bertz CT molecular complexity index is 477. The van der Waals surface area contributed by atoms with Crippen molar-refractivity contribution in [3.8, 4) is 0 Å². The van der Waals surface area contributed by atoms with E-state index in [-0.39, 0.29) is 6.10 Å². The van der Waals surface area contributed by atoms with Gasteiger partial charge in [-0.25, -0.2) is 4.98 Å². The smallest absolute Gasteiger partial charge is 0.246 e. The van der Waals surface area contributed by atoms with Crippen LogP contribution in [0.2, 0.25) is 0 Å². The molecule has 6 nitrogen and oxygen atoms in total. The van der Waals surface area contributed by atoms with Crippen molar-refractivity contribution in [2.75, 3.05) is 7.11 Å². The van der Waals surface area contributed by atoms with Gasteiger partial charge < -0.3 is 13.8 Å². The first-order valence-electron chi connectivity index (χ1n) is 5.58. The van der Waals surface area contributed by atoms with Gasteiger partial charge in [0, 0.05) is 13.3 Å². The van der Waals surface area contributed by atoms with Crippen molar-refractivity contribution in [2.24, 2.45) is 0 Å². The third kappa shape index (κ3) is 2.71. The molecule has 0 bridgehead atoms. The highest BCUT2D eigenvalue weighted by Gasteiger charge is 2.13. The second-order valence-electron chi connectivity index (χ2n) is 3.82. The van der Waals surface area contributed by atoms with Crippen molar-refractivity contribution in [1.82, 2.24) is 19.7 Å². The molecule has 0 aliphatic carbocycles. The molecule has 92 valence electrons. The van der Waals surface area contributed by atoms with E-state index in [1.807, 2.05) is 17.7 Å². The van der Waals surface area contributed by atoms with Crippen molar-refractivity contribution in [2.45, 2.75) is 32.9 Å². The molecule has 0 aliphatic heterocycles. The van der Waals surface area contributed by atoms with Crippen LogP contribution in [0.4, 0.5) is 0 Å². The quantitative estimate of drug-likeness (QED) is 0.788. The summed E-state index contributed by atoms with van der Waals surface area (Å²) in [4.78, 5) is 8.50. The number of aryl methyl sites for hydroxylation is 1. The lowest BCUT2D eigenvalue weighted by Crippen LogP contribution is -2.00. The van der Waals surface area contributed by atoms with Crippen molar-refractivity contribution >= 4 is 0 Å². The summed E-state index contributed by atoms with van der Waals surface area (Å²) in [6.45, 7) is 4.48. The lowest BCUT2D eigenvalue weighted by atomic mass is 10.4. The molecule has 0 amide bonds. The molecule has 0 spiro atoms. The van der Waals surface area contributed by atoms with Crippen molar-refractivity contribution < 1.29 is 9.26 Å². The van der Waals surface area contributed by atoms with Gasteiger partial charge in [-0.1, -0.05) is 12.1 Å². The molecular weight excluding hydrogens is 220 g/mol. The Morgan fingerprint density at radius 2 is 2.35 bits per heavy atom. The van der Waals surface area contributed by atoms with E-state index in [1.165, 1.54) is 0 Å². The predicted octanol–water partition coefficient (Wildman–Crippen LogP) is 1.58. The Kier molecular flexibility index (Phi) is 3.53. The molecule has 0 aliphatic rings. The average Bonchev–Trinajstić information content (AvgIpc) is 2.97. The standard InChI is InChI=1S/C11H16N4O2/c1-4-9-5-15(7-12-9)6-10-13-11(14-17-10)8(2)16-3/h5,7-8H,4,6H2,1-3H3. The summed E-state index contributed by atoms with van der Waals surface area (Å²) < 4.78 is 12.2. The summed E-state index contributed by atoms with van der Waals surface area (Å²) in [7, 11) is 1.62. The first kappa shape index (κ1) is 11.8. The lowest BCUT2D eigenvalue weighted by Gasteiger charge is -2.00. The largest absolute Gasteiger partial charge is 0.374 e. The minimum Gasteiger partial charge on any atom is -0.374 e. The minimum absolute atomic E-state index is 0.151. The normalized spacial score (nSPS) is 12.9. The molecule has 2 aromatic heterocycles. The van der Waals surface area contributed by atoms with E-state index in [0.717, 1.165) is 12.1 Å². The number of methoxy groups -OCH3 is 1. The van der Waals surface area contributed by atoms with Crippen LogP contribution in [0.5, 0.6) is 0 Å². The van der Waals surface area contributed by atoms with Gasteiger partial charge in [-0.05, 0) is 13.3 Å². The van der Waals surface area contributed by atoms with Crippen LogP contribution in [0.3, 0.4) is 0 Å². The Morgan fingerprint density at radius 3 is 3.00 bits per heavy atom. The van der Waals surface area contributed by atoms with E-state index in [4.69, 9.17) is 9.26 Å². The van der Waals surface area contributed by atoms with Gasteiger partial charge in [-0.15, -0.1) is 0 Å². The predicted molar refractivity (Wildman–Crippen MR) is 60.4 cm³/mol. The summed E-state index contributed by atoms with van der Waals surface area (Å²) in [5, 5.41) is 3.87. The van der Waals surface area contributed by atoms with Gasteiger partial charge in [0.25, 0.3) is 0 Å². The van der Waals surface area contributed by atoms with E-state index in [1.54, 1.807) is 13.4 Å². The molecular formula is C11H16N4O2. The average molecular weight is 236 g/mol. The molecule has 0 radical (unpaired) electrons. The van der Waals surface area contributed by atoms with Crippen LogP contribution in [0.25, 0.3) is 0 Å². The lowest BCUT2D eigenvalue weighted by molar-refractivity contribution is 0.109. The molecule has 0 saturated heterocycles. The molecule has 0 N–H and O–H groups in total. The van der Waals surface area contributed by atoms with Crippen molar-refractivity contribution in [3.05, 3.63) is 29.9 Å². The highest BCUT2D eigenvalue weighted by atomic mass is 16.5. The zero-order valence-electron chi connectivity index (χ0n) is 10.3. The highest BCUT2D eigenvalue weighted by Crippen LogP contribution is 2.12. The van der Waals surface area contributed by atoms with Gasteiger partial charge in [0.05, 0.1) is 12.0 Å². The SMILES string of the molecule is CCc1cn(Cc2nc(C(C)OC)no2)cn1. The van der Waals surface area contributed by atoms with Crippen LogP contribution in [0, 0.1) is 0 Å². The Balaban J connectivity index is 2.06. The van der Waals surface area contributed by atoms with Crippen molar-refractivity contribution in [1.29, 1.82) is 0 Å². The number of imidazole rings is 1. The molecule has 2 heterocycles. The molecule has 2 aromatic rings. The van der Waals surface area contributed by atoms with Crippen LogP contribution in [-0.2, 0) is 17.7 Å². The first-order valence-corrected chi connectivity index (χ1v) is 5.58. The minimum atomic E-state index is -0.151. The third-order valence-electron chi connectivity index (χ3n) is 2.57. The topological polar surface area (TPSA) is 66.0 Å². The maximum absolute atomic E-state index is 5.14. The molecule has 6 heteroatoms. The molecule has 0 saturated carbocycles. The van der Waals surface area contributed by atoms with Gasteiger partial charge in [0.2, 0.25) is 5.89 Å². The van der Waals surface area contributed by atoms with Crippen LogP contribution >= 0.6 is 0 Å². The van der Waals surface area contributed by atoms with E-state index in [9.17, 15) is 0 Å². The first-order chi connectivity index (χ1) is 8.22. The van der Waals surface area contributed by atoms with Gasteiger partial charge >= 0.3 is 0 Å². The monoisotopic (exact) mass is 236 g/mol. The zero-order chi connectivity index (χ0) is 12.3. The van der Waals surface area contributed by atoms with E-state index < -0.39 is 0 Å². The van der Waals surface area contributed by atoms with Gasteiger partial charge in [-0.3, -0.25) is 0 Å². The van der Waals surface area contributed by atoms with E-state index >= 15 is 0 Å². The Morgan fingerprint density at radius 1 is 1.53 bits per heavy atom. The fourth-order valence-corrected chi connectivity index (χ4v) is 1.43. The summed E-state index contributed by atoms with van der Waals surface area (Å²) in [6.07, 6.45) is 4.51. The number of ether oxygens (including phenoxy) is 1. The molecule has 0 aromatic carbocycles. The third-order valence-corrected chi connectivity index (χ3v) is 2.57. The van der Waals surface area contributed by atoms with E-state index in [0.29, 0.717) is 18.3 Å². The number of nitrogens with zero attached hydrogens (tertiary/aromatic N) is 4. The summed E-state index contributed by atoms with van der Waals surface area (Å²) in [5.74, 6) is 1.13.